The predicted octanol–water partition coefficient (Wildman–Crippen LogP) is 4.62. The molecule has 0 saturated carbocycles. The number of hydrazone groups is 1. The molecule has 0 atom stereocenters. The molecular formula is C22H20Cl2N4O3S. The van der Waals surface area contributed by atoms with Crippen molar-refractivity contribution in [2.24, 2.45) is 5.10 Å². The summed E-state index contributed by atoms with van der Waals surface area (Å²) in [6.45, 7) is 0. The van der Waals surface area contributed by atoms with Gasteiger partial charge < -0.3 is 4.90 Å². The highest BCUT2D eigenvalue weighted by atomic mass is 35.5. The van der Waals surface area contributed by atoms with Crippen LogP contribution in [0.2, 0.25) is 10.0 Å². The second kappa shape index (κ2) is 10.0. The normalized spacial score (nSPS) is 11.4. The smallest absolute Gasteiger partial charge is 0.271 e. The third kappa shape index (κ3) is 6.00. The molecule has 0 bridgehead atoms. The number of hydrogen-bond donors (Lipinski definition) is 2. The van der Waals surface area contributed by atoms with E-state index in [0.717, 1.165) is 11.3 Å². The van der Waals surface area contributed by atoms with E-state index in [4.69, 9.17) is 23.2 Å². The van der Waals surface area contributed by atoms with Gasteiger partial charge in [0.15, 0.2) is 0 Å². The number of sulfonamides is 1. The van der Waals surface area contributed by atoms with Crippen LogP contribution < -0.4 is 15.0 Å². The van der Waals surface area contributed by atoms with Gasteiger partial charge in [0.25, 0.3) is 15.9 Å². The van der Waals surface area contributed by atoms with Crippen LogP contribution in [-0.2, 0) is 10.0 Å². The van der Waals surface area contributed by atoms with Crippen LogP contribution in [0.1, 0.15) is 15.9 Å². The van der Waals surface area contributed by atoms with Gasteiger partial charge in [0.2, 0.25) is 0 Å². The molecule has 3 aromatic rings. The summed E-state index contributed by atoms with van der Waals surface area (Å²) in [7, 11) is -0.156. The Kier molecular flexibility index (Phi) is 7.40. The Hall–Kier alpha value is -3.07. The van der Waals surface area contributed by atoms with Crippen molar-refractivity contribution >= 4 is 56.7 Å². The summed E-state index contributed by atoms with van der Waals surface area (Å²) in [5.74, 6) is -0.578. The van der Waals surface area contributed by atoms with Crippen molar-refractivity contribution in [2.45, 2.75) is 4.90 Å². The molecule has 32 heavy (non-hydrogen) atoms. The van der Waals surface area contributed by atoms with Crippen LogP contribution in [0.4, 0.5) is 11.4 Å². The minimum Gasteiger partial charge on any atom is -0.378 e. The lowest BCUT2D eigenvalue weighted by molar-refractivity contribution is 0.0955. The highest BCUT2D eigenvalue weighted by molar-refractivity contribution is 7.92. The van der Waals surface area contributed by atoms with Crippen LogP contribution in [0.25, 0.3) is 0 Å². The Labute approximate surface area is 196 Å². The zero-order valence-electron chi connectivity index (χ0n) is 17.2. The van der Waals surface area contributed by atoms with Gasteiger partial charge >= 0.3 is 0 Å². The monoisotopic (exact) mass is 490 g/mol. The highest BCUT2D eigenvalue weighted by Gasteiger charge is 2.20. The molecule has 0 aliphatic heterocycles. The molecule has 0 saturated heterocycles. The molecule has 0 fully saturated rings. The third-order valence-electron chi connectivity index (χ3n) is 4.37. The minimum absolute atomic E-state index is 0.0208. The molecule has 7 nitrogen and oxygen atoms in total. The molecule has 0 spiro atoms. The van der Waals surface area contributed by atoms with E-state index in [9.17, 15) is 13.2 Å². The van der Waals surface area contributed by atoms with Gasteiger partial charge in [0.1, 0.15) is 4.90 Å². The second-order valence-corrected chi connectivity index (χ2v) is 9.44. The first kappa shape index (κ1) is 23.6. The Morgan fingerprint density at radius 3 is 2.25 bits per heavy atom. The number of hydrogen-bond acceptors (Lipinski definition) is 5. The van der Waals surface area contributed by atoms with E-state index in [-0.39, 0.29) is 15.5 Å². The fourth-order valence-electron chi connectivity index (χ4n) is 2.67. The summed E-state index contributed by atoms with van der Waals surface area (Å²) < 4.78 is 27.9. The summed E-state index contributed by atoms with van der Waals surface area (Å²) in [5, 5.41) is 4.38. The topological polar surface area (TPSA) is 90.9 Å². The molecule has 10 heteroatoms. The van der Waals surface area contributed by atoms with Gasteiger partial charge in [-0.05, 0) is 60.2 Å². The van der Waals surface area contributed by atoms with Crippen molar-refractivity contribution in [3.8, 4) is 0 Å². The van der Waals surface area contributed by atoms with Gasteiger partial charge in [-0.3, -0.25) is 9.52 Å². The molecule has 3 rings (SSSR count). The van der Waals surface area contributed by atoms with Gasteiger partial charge in [0, 0.05) is 36.1 Å². The maximum Gasteiger partial charge on any atom is 0.271 e. The summed E-state index contributed by atoms with van der Waals surface area (Å²) in [4.78, 5) is 14.2. The van der Waals surface area contributed by atoms with E-state index in [1.807, 2.05) is 43.3 Å². The molecule has 0 unspecified atom stereocenters. The van der Waals surface area contributed by atoms with Crippen LogP contribution in [0.3, 0.4) is 0 Å². The molecule has 0 aliphatic carbocycles. The predicted molar refractivity (Wildman–Crippen MR) is 130 cm³/mol. The van der Waals surface area contributed by atoms with Crippen molar-refractivity contribution in [1.29, 1.82) is 0 Å². The Morgan fingerprint density at radius 2 is 1.62 bits per heavy atom. The lowest BCUT2D eigenvalue weighted by Crippen LogP contribution is -2.19. The highest BCUT2D eigenvalue weighted by Crippen LogP contribution is 2.25. The quantitative estimate of drug-likeness (QED) is 0.373. The summed E-state index contributed by atoms with van der Waals surface area (Å²) in [5.41, 5.74) is 4.61. The lowest BCUT2D eigenvalue weighted by Gasteiger charge is -2.11. The summed E-state index contributed by atoms with van der Waals surface area (Å²) >= 11 is 11.9. The molecule has 0 heterocycles. The molecule has 166 valence electrons. The van der Waals surface area contributed by atoms with Crippen LogP contribution in [-0.4, -0.2) is 34.6 Å². The molecule has 1 amide bonds. The Balaban J connectivity index is 1.73. The Bertz CT molecular complexity index is 1240. The van der Waals surface area contributed by atoms with Crippen LogP contribution >= 0.6 is 23.2 Å². The molecule has 0 aliphatic rings. The summed E-state index contributed by atoms with van der Waals surface area (Å²) in [6.07, 6.45) is 1.49. The SMILES string of the molecule is CN(C)c1ccc(C=NNC(=O)c2ccc(Cl)c(S(=O)(=O)Nc3ccc(Cl)cc3)c2)cc1. The third-order valence-corrected chi connectivity index (χ3v) is 6.48. The number of amides is 1. The number of nitrogens with zero attached hydrogens (tertiary/aromatic N) is 2. The molecule has 0 aromatic heterocycles. The van der Waals surface area contributed by atoms with Crippen molar-refractivity contribution in [1.82, 2.24) is 5.43 Å². The number of rotatable bonds is 7. The standard InChI is InChI=1S/C22H20Cl2N4O3S/c1-28(2)19-10-3-15(4-11-19)14-25-26-22(29)16-5-12-20(24)21(13-16)32(30,31)27-18-8-6-17(23)7-9-18/h3-14,27H,1-2H3,(H,26,29). The summed E-state index contributed by atoms with van der Waals surface area (Å²) in [6, 6.07) is 17.7. The number of carbonyl (C=O) groups excluding carboxylic acids is 1. The van der Waals surface area contributed by atoms with E-state index in [1.54, 1.807) is 12.1 Å². The number of halogens is 2. The van der Waals surface area contributed by atoms with Gasteiger partial charge in [-0.25, -0.2) is 13.8 Å². The molecule has 0 radical (unpaired) electrons. The van der Waals surface area contributed by atoms with Crippen molar-refractivity contribution in [2.75, 3.05) is 23.7 Å². The first-order valence-corrected chi connectivity index (χ1v) is 11.6. The lowest BCUT2D eigenvalue weighted by atomic mass is 10.2. The van der Waals surface area contributed by atoms with Crippen molar-refractivity contribution in [3.05, 3.63) is 87.9 Å². The van der Waals surface area contributed by atoms with E-state index in [1.165, 1.54) is 36.5 Å². The van der Waals surface area contributed by atoms with Gasteiger partial charge in [-0.2, -0.15) is 5.10 Å². The maximum atomic E-state index is 12.8. The fraction of sp³-hybridized carbons (Fsp3) is 0.0909. The second-order valence-electron chi connectivity index (χ2n) is 6.94. The first-order chi connectivity index (χ1) is 15.2. The van der Waals surface area contributed by atoms with Gasteiger partial charge in [0.05, 0.1) is 11.2 Å². The average molecular weight is 491 g/mol. The average Bonchev–Trinajstić information content (AvgIpc) is 2.75. The maximum absolute atomic E-state index is 12.8. The van der Waals surface area contributed by atoms with Crippen LogP contribution in [0, 0.1) is 0 Å². The minimum atomic E-state index is -4.03. The number of nitrogens with one attached hydrogen (secondary N) is 2. The van der Waals surface area contributed by atoms with Crippen molar-refractivity contribution in [3.63, 3.8) is 0 Å². The fourth-order valence-corrected chi connectivity index (χ4v) is 4.38. The zero-order chi connectivity index (χ0) is 23.3. The van der Waals surface area contributed by atoms with E-state index >= 15 is 0 Å². The van der Waals surface area contributed by atoms with E-state index in [0.29, 0.717) is 10.7 Å². The van der Waals surface area contributed by atoms with Gasteiger partial charge in [-0.1, -0.05) is 35.3 Å². The zero-order valence-corrected chi connectivity index (χ0v) is 19.5. The largest absolute Gasteiger partial charge is 0.378 e. The molecule has 3 aromatic carbocycles. The number of benzene rings is 3. The van der Waals surface area contributed by atoms with E-state index in [2.05, 4.69) is 15.2 Å². The molecular weight excluding hydrogens is 471 g/mol. The van der Waals surface area contributed by atoms with Crippen molar-refractivity contribution < 1.29 is 13.2 Å². The van der Waals surface area contributed by atoms with Gasteiger partial charge in [-0.15, -0.1) is 0 Å². The molecule has 2 N–H and O–H groups in total. The van der Waals surface area contributed by atoms with Crippen LogP contribution in [0.15, 0.2) is 76.7 Å². The Morgan fingerprint density at radius 1 is 0.969 bits per heavy atom. The van der Waals surface area contributed by atoms with Crippen LogP contribution in [0.5, 0.6) is 0 Å². The van der Waals surface area contributed by atoms with E-state index < -0.39 is 15.9 Å². The number of carbonyl (C=O) groups is 1. The first-order valence-electron chi connectivity index (χ1n) is 9.34. The number of anilines is 2.